The highest BCUT2D eigenvalue weighted by Gasteiger charge is 2.22. The second-order valence-corrected chi connectivity index (χ2v) is 5.72. The van der Waals surface area contributed by atoms with Gasteiger partial charge in [-0.05, 0) is 53.8 Å². The van der Waals surface area contributed by atoms with Crippen LogP contribution < -0.4 is 0 Å². The fourth-order valence-corrected chi connectivity index (χ4v) is 3.11. The van der Waals surface area contributed by atoms with Crippen molar-refractivity contribution >= 4 is 34.0 Å². The summed E-state index contributed by atoms with van der Waals surface area (Å²) in [5, 5.41) is 0. The molecular weight excluding hydrogens is 302 g/mol. The van der Waals surface area contributed by atoms with Crippen molar-refractivity contribution in [3.05, 3.63) is 34.3 Å². The topological polar surface area (TPSA) is 18.8 Å². The van der Waals surface area contributed by atoms with Crippen LogP contribution in [0, 0.1) is 6.92 Å². The fraction of sp³-hybridized carbons (Fsp3) is 0.400. The van der Waals surface area contributed by atoms with Gasteiger partial charge in [-0.25, -0.2) is 0 Å². The summed E-state index contributed by atoms with van der Waals surface area (Å²) in [6, 6.07) is 4.19. The van der Waals surface area contributed by atoms with E-state index in [4.69, 9.17) is 0 Å². The Morgan fingerprint density at radius 3 is 2.74 bits per heavy atom. The van der Waals surface area contributed by atoms with Gasteiger partial charge in [-0.3, -0.25) is 9.89 Å². The molecule has 2 rings (SSSR count). The van der Waals surface area contributed by atoms with Crippen LogP contribution in [0.2, 0.25) is 0 Å². The molecule has 1 aromatic rings. The maximum absolute atomic E-state index is 4.26. The van der Waals surface area contributed by atoms with E-state index in [1.165, 1.54) is 5.56 Å². The van der Waals surface area contributed by atoms with Crippen molar-refractivity contribution < 1.29 is 0 Å². The first-order valence-corrected chi connectivity index (χ1v) is 7.29. The monoisotopic (exact) mass is 321 g/mol. The highest BCUT2D eigenvalue weighted by Crippen LogP contribution is 2.36. The lowest BCUT2D eigenvalue weighted by molar-refractivity contribution is 0.310. The van der Waals surface area contributed by atoms with Crippen molar-refractivity contribution in [3.8, 4) is 0 Å². The Kier molecular flexibility index (Phi) is 4.42. The number of aliphatic imine (C=N–C) groups is 1. The van der Waals surface area contributed by atoms with E-state index >= 15 is 0 Å². The summed E-state index contributed by atoms with van der Waals surface area (Å²) < 4.78 is 0.977. The van der Waals surface area contributed by atoms with Gasteiger partial charge in [0.25, 0.3) is 0 Å². The molecule has 3 nitrogen and oxygen atoms in total. The molecule has 4 heteroatoms. The highest BCUT2D eigenvalue weighted by molar-refractivity contribution is 9.10. The van der Waals surface area contributed by atoms with E-state index < -0.39 is 0 Å². The van der Waals surface area contributed by atoms with Crippen LogP contribution in [0.25, 0.3) is 5.70 Å². The number of hydrogen-bond acceptors (Lipinski definition) is 3. The number of nitrogens with zero attached hydrogens (tertiary/aromatic N) is 3. The van der Waals surface area contributed by atoms with Gasteiger partial charge < -0.3 is 4.90 Å². The van der Waals surface area contributed by atoms with Crippen LogP contribution in [0.4, 0.5) is 5.69 Å². The Morgan fingerprint density at radius 2 is 2.16 bits per heavy atom. The van der Waals surface area contributed by atoms with Gasteiger partial charge in [-0.15, -0.1) is 0 Å². The lowest BCUT2D eigenvalue weighted by atomic mass is 10.1. The first kappa shape index (κ1) is 14.3. The molecule has 19 heavy (non-hydrogen) atoms. The maximum Gasteiger partial charge on any atom is 0.0857 e. The molecule has 0 radical (unpaired) electrons. The second-order valence-electron chi connectivity index (χ2n) is 4.86. The van der Waals surface area contributed by atoms with Gasteiger partial charge in [-0.2, -0.15) is 0 Å². The van der Waals surface area contributed by atoms with Crippen LogP contribution in [-0.2, 0) is 0 Å². The minimum Gasteiger partial charge on any atom is -0.357 e. The van der Waals surface area contributed by atoms with E-state index in [9.17, 15) is 0 Å². The molecule has 1 fully saturated rings. The molecule has 0 spiro atoms. The zero-order valence-electron chi connectivity index (χ0n) is 11.6. The Morgan fingerprint density at radius 1 is 1.42 bits per heavy atom. The molecule has 0 atom stereocenters. The van der Waals surface area contributed by atoms with E-state index in [0.717, 1.165) is 47.7 Å². The smallest absolute Gasteiger partial charge is 0.0857 e. The van der Waals surface area contributed by atoms with E-state index in [1.807, 2.05) is 0 Å². The summed E-state index contributed by atoms with van der Waals surface area (Å²) in [7, 11) is 0. The number of rotatable bonds is 4. The van der Waals surface area contributed by atoms with Gasteiger partial charge in [0.05, 0.1) is 12.4 Å². The summed E-state index contributed by atoms with van der Waals surface area (Å²) >= 11 is 3.56. The molecule has 1 aliphatic heterocycles. The summed E-state index contributed by atoms with van der Waals surface area (Å²) in [6.45, 7) is 16.3. The molecule has 0 unspecified atom stereocenters. The van der Waals surface area contributed by atoms with E-state index in [0.29, 0.717) is 0 Å². The number of hydrogen-bond donors (Lipinski definition) is 0. The molecule has 0 saturated carbocycles. The van der Waals surface area contributed by atoms with Gasteiger partial charge in [0.1, 0.15) is 0 Å². The largest absolute Gasteiger partial charge is 0.357 e. The molecule has 0 aliphatic carbocycles. The number of halogens is 1. The zero-order valence-corrected chi connectivity index (χ0v) is 13.2. The standard InChI is InChI=1S/C15H20BrN3/c1-5-18-6-7-19(10-18)12(3)13-8-11(2)9-14(16)15(13)17-4/h8-9H,3-7,10H2,1-2H3. The van der Waals surface area contributed by atoms with Gasteiger partial charge >= 0.3 is 0 Å². The van der Waals surface area contributed by atoms with E-state index in [-0.39, 0.29) is 0 Å². The van der Waals surface area contributed by atoms with Gasteiger partial charge in [0, 0.05) is 28.8 Å². The van der Waals surface area contributed by atoms with Crippen molar-refractivity contribution in [2.24, 2.45) is 4.99 Å². The zero-order chi connectivity index (χ0) is 14.0. The molecular formula is C15H20BrN3. The molecule has 1 aliphatic rings. The quantitative estimate of drug-likeness (QED) is 0.788. The summed E-state index contributed by atoms with van der Waals surface area (Å²) in [5.41, 5.74) is 4.18. The van der Waals surface area contributed by atoms with Crippen LogP contribution in [-0.4, -0.2) is 42.8 Å². The van der Waals surface area contributed by atoms with Crippen LogP contribution in [0.1, 0.15) is 18.1 Å². The Balaban J connectivity index is 2.31. The van der Waals surface area contributed by atoms with Gasteiger partial charge in [0.15, 0.2) is 0 Å². The number of aryl methyl sites for hydroxylation is 1. The van der Waals surface area contributed by atoms with Crippen LogP contribution in [0.5, 0.6) is 0 Å². The Labute approximate surface area is 123 Å². The SMILES string of the molecule is C=Nc1c(Br)cc(C)cc1C(=C)N1CCN(CC)C1. The van der Waals surface area contributed by atoms with Crippen molar-refractivity contribution in [3.63, 3.8) is 0 Å². The normalized spacial score (nSPS) is 15.8. The third kappa shape index (κ3) is 2.90. The predicted molar refractivity (Wildman–Crippen MR) is 85.9 cm³/mol. The van der Waals surface area contributed by atoms with Crippen molar-refractivity contribution in [2.75, 3.05) is 26.3 Å². The molecule has 0 amide bonds. The minimum atomic E-state index is 0.880. The number of likely N-dealkylation sites (N-methyl/N-ethyl adjacent to an activating group) is 1. The van der Waals surface area contributed by atoms with Crippen molar-refractivity contribution in [2.45, 2.75) is 13.8 Å². The lowest BCUT2D eigenvalue weighted by Gasteiger charge is -2.23. The van der Waals surface area contributed by atoms with Crippen LogP contribution >= 0.6 is 15.9 Å². The van der Waals surface area contributed by atoms with Crippen molar-refractivity contribution in [1.82, 2.24) is 9.80 Å². The molecule has 1 aromatic carbocycles. The van der Waals surface area contributed by atoms with Crippen LogP contribution in [0.3, 0.4) is 0 Å². The Bertz CT molecular complexity index is 510. The van der Waals surface area contributed by atoms with Crippen molar-refractivity contribution in [1.29, 1.82) is 0 Å². The lowest BCUT2D eigenvalue weighted by Crippen LogP contribution is -2.24. The second kappa shape index (κ2) is 5.88. The Hall–Kier alpha value is -1.13. The summed E-state index contributed by atoms with van der Waals surface area (Å²) in [6.07, 6.45) is 0. The molecule has 1 saturated heterocycles. The van der Waals surface area contributed by atoms with E-state index in [2.05, 4.69) is 70.0 Å². The third-order valence-electron chi connectivity index (χ3n) is 3.56. The van der Waals surface area contributed by atoms with Crippen LogP contribution in [0.15, 0.2) is 28.2 Å². The van der Waals surface area contributed by atoms with Gasteiger partial charge in [-0.1, -0.05) is 13.5 Å². The number of benzene rings is 1. The third-order valence-corrected chi connectivity index (χ3v) is 4.17. The molecule has 102 valence electrons. The maximum atomic E-state index is 4.26. The summed E-state index contributed by atoms with van der Waals surface area (Å²) in [4.78, 5) is 8.85. The average Bonchev–Trinajstić information content (AvgIpc) is 2.85. The molecule has 0 N–H and O–H groups in total. The highest BCUT2D eigenvalue weighted by atomic mass is 79.9. The average molecular weight is 322 g/mol. The molecule has 0 bridgehead atoms. The fourth-order valence-electron chi connectivity index (χ4n) is 2.41. The summed E-state index contributed by atoms with van der Waals surface area (Å²) in [5.74, 6) is 0. The minimum absolute atomic E-state index is 0.880. The first-order chi connectivity index (χ1) is 9.06. The van der Waals surface area contributed by atoms with Gasteiger partial charge in [0.2, 0.25) is 0 Å². The molecule has 1 heterocycles. The predicted octanol–water partition coefficient (Wildman–Crippen LogP) is 3.66. The molecule has 0 aromatic heterocycles. The first-order valence-electron chi connectivity index (χ1n) is 6.50. The van der Waals surface area contributed by atoms with E-state index in [1.54, 1.807) is 0 Å².